The van der Waals surface area contributed by atoms with E-state index in [0.29, 0.717) is 42.8 Å². The molecule has 12 heterocycles. The van der Waals surface area contributed by atoms with Crippen LogP contribution in [0, 0.1) is 0 Å². The van der Waals surface area contributed by atoms with Gasteiger partial charge in [0.05, 0.1) is 19.5 Å². The Balaban J connectivity index is 0.000000142. The number of amides is 2. The largest absolute Gasteiger partial charge is 0.453 e. The first-order valence-electron chi connectivity index (χ1n) is 52.2. The summed E-state index contributed by atoms with van der Waals surface area (Å²) in [7, 11) is 0.788. The van der Waals surface area contributed by atoms with Crippen molar-refractivity contribution >= 4 is 121 Å². The highest BCUT2D eigenvalue weighted by Crippen LogP contribution is 2.39. The number of hydrogen-bond acceptors (Lipinski definition) is 16. The lowest BCUT2D eigenvalue weighted by Gasteiger charge is -2.33. The Bertz CT molecular complexity index is 5990. The summed E-state index contributed by atoms with van der Waals surface area (Å²) < 4.78 is 42.0. The van der Waals surface area contributed by atoms with Crippen molar-refractivity contribution in [1.82, 2.24) is 56.8 Å². The molecule has 6 aliphatic heterocycles. The van der Waals surface area contributed by atoms with Gasteiger partial charge in [-0.1, -0.05) is 6.92 Å². The molecule has 0 spiro atoms. The van der Waals surface area contributed by atoms with Crippen molar-refractivity contribution in [3.63, 3.8) is 0 Å². The monoisotopic (exact) mass is 1930 g/mol. The summed E-state index contributed by atoms with van der Waals surface area (Å²) in [4.78, 5) is 36.5. The zero-order valence-electron chi connectivity index (χ0n) is 89.3. The normalized spacial score (nSPS) is 17.8. The summed E-state index contributed by atoms with van der Waals surface area (Å²) in [5, 5.41) is 38.1. The Morgan fingerprint density at radius 2 is 0.586 bits per heavy atom. The minimum Gasteiger partial charge on any atom is -0.453 e. The fourth-order valence-electron chi connectivity index (χ4n) is 21.3. The fraction of sp³-hybridized carbons (Fsp3) is 0.565. The van der Waals surface area contributed by atoms with Crippen LogP contribution in [0.3, 0.4) is 0 Å². The van der Waals surface area contributed by atoms with Gasteiger partial charge in [-0.3, -0.25) is 4.79 Å². The zero-order valence-corrected chi connectivity index (χ0v) is 90.1. The van der Waals surface area contributed by atoms with E-state index in [1.807, 2.05) is 4.90 Å². The first-order chi connectivity index (χ1) is 66.1. The van der Waals surface area contributed by atoms with Crippen LogP contribution in [0.25, 0.3) is 65.4 Å². The molecule has 6 aromatic carbocycles. The van der Waals surface area contributed by atoms with Gasteiger partial charge in [0, 0.05) is 304 Å². The molecule has 6 fully saturated rings. The van der Waals surface area contributed by atoms with Gasteiger partial charge in [0.1, 0.15) is 9.84 Å². The number of methoxy groups -OCH3 is 1. The number of nitrogens with one attached hydrogen (secondary N) is 6. The second kappa shape index (κ2) is 46.5. The van der Waals surface area contributed by atoms with E-state index in [2.05, 4.69) is 400 Å². The number of ether oxygens (including phenoxy) is 1. The predicted molar refractivity (Wildman–Crippen MR) is 592 cm³/mol. The third kappa shape index (κ3) is 30.9. The van der Waals surface area contributed by atoms with Crippen LogP contribution >= 0.6 is 0 Å². The van der Waals surface area contributed by atoms with Gasteiger partial charge in [0.2, 0.25) is 5.91 Å². The van der Waals surface area contributed by atoms with Crippen LogP contribution in [-0.2, 0) is 19.4 Å². The molecule has 0 radical (unpaired) electrons. The second-order valence-corrected chi connectivity index (χ2v) is 49.0. The van der Waals surface area contributed by atoms with Crippen LogP contribution in [0.2, 0.25) is 0 Å². The van der Waals surface area contributed by atoms with E-state index >= 15 is 0 Å². The number of carbonyl (C=O) groups excluding carboxylic acids is 2. The van der Waals surface area contributed by atoms with E-state index in [4.69, 9.17) is 9.84 Å². The highest BCUT2D eigenvalue weighted by atomic mass is 32.2. The van der Waals surface area contributed by atoms with Gasteiger partial charge in [-0.05, 0) is 374 Å². The number of rotatable bonds is 19. The van der Waals surface area contributed by atoms with Crippen LogP contribution < -0.4 is 31.9 Å². The predicted octanol–water partition coefficient (Wildman–Crippen LogP) is 24.3. The number of benzene rings is 6. The number of likely N-dealkylation sites (tertiary alicyclic amines) is 6. The highest BCUT2D eigenvalue weighted by Gasteiger charge is 2.31. The number of fused-ring (bicyclic) bond motifs is 6. The molecular formula is C115H172N18O6S. The lowest BCUT2D eigenvalue weighted by molar-refractivity contribution is -0.130. The van der Waals surface area contributed by atoms with Crippen molar-refractivity contribution in [3.05, 3.63) is 183 Å². The Labute approximate surface area is 837 Å². The summed E-state index contributed by atoms with van der Waals surface area (Å²) in [5.74, 6) is 0.451. The number of aromatic nitrogens is 6. The lowest BCUT2D eigenvalue weighted by atomic mass is 10.0. The maximum Gasteiger partial charge on any atom is 0.409 e. The van der Waals surface area contributed by atoms with Gasteiger partial charge in [-0.25, -0.2) is 13.2 Å². The van der Waals surface area contributed by atoms with Gasteiger partial charge in [-0.2, -0.15) is 0 Å². The second-order valence-electron chi connectivity index (χ2n) is 46.8. The molecule has 6 saturated heterocycles. The summed E-state index contributed by atoms with van der Waals surface area (Å²) in [5.41, 5.74) is 15.4. The fourth-order valence-corrected chi connectivity index (χ4v) is 21.8. The number of aliphatic hydroxyl groups excluding tert-OH is 1. The Kier molecular flexibility index (Phi) is 35.6. The van der Waals surface area contributed by atoms with Gasteiger partial charge in [0.25, 0.3) is 0 Å². The number of carbonyl (C=O) groups is 2. The molecule has 1 atom stereocenters. The molecule has 7 N–H and O–H groups in total. The number of anilines is 6. The number of β-amino-alcohol motifs (C(OH)–C–C–N with tert-alkyl or cyclic N) is 1. The van der Waals surface area contributed by atoms with Gasteiger partial charge < -0.3 is 98.5 Å². The Hall–Kier alpha value is -10.2. The first kappa shape index (κ1) is 107. The summed E-state index contributed by atoms with van der Waals surface area (Å²) >= 11 is 0. The van der Waals surface area contributed by atoms with Crippen LogP contribution in [-0.4, -0.2) is 247 Å². The van der Waals surface area contributed by atoms with Crippen molar-refractivity contribution in [2.24, 2.45) is 0 Å². The molecule has 764 valence electrons. The third-order valence-electron chi connectivity index (χ3n) is 27.6. The molecule has 0 saturated carbocycles. The van der Waals surface area contributed by atoms with E-state index in [-0.39, 0.29) is 57.6 Å². The quantitative estimate of drug-likeness (QED) is 0.0400. The van der Waals surface area contributed by atoms with Gasteiger partial charge >= 0.3 is 6.09 Å². The SMILES string of the molecule is CC(=O)N1CCC(n2ccc3cc(NC(C)(C)C)ccc32)CC1.CC(C)(C)Nc1ccc2c(ccn2C2CCN(CCO)CC2)c1.CC(C)(C)Nc1ccc2c(ccn2C2CCN(CCS(C)(=O)=O)CC2)c1.CCCN1CCC(n2ccc3cc(NC(C)(C)C)ccc32)CC1.CN1CCCC(n2ccc3cc(NC(C)(C)C)ccc32)C1.COC(=O)N1CCC(n2ccc3cc(NC(C)(C)C)ccc32)CC1. The number of likely N-dealkylation sites (N-methyl/N-ethyl adjacent to an activating group) is 1. The molecule has 0 aliphatic carbocycles. The molecule has 140 heavy (non-hydrogen) atoms. The van der Waals surface area contributed by atoms with E-state index in [9.17, 15) is 18.0 Å². The maximum atomic E-state index is 11.6. The van der Waals surface area contributed by atoms with Crippen LogP contribution in [0.5, 0.6) is 0 Å². The molecule has 12 aromatic rings. The third-order valence-corrected chi connectivity index (χ3v) is 28.5. The van der Waals surface area contributed by atoms with Crippen molar-refractivity contribution in [1.29, 1.82) is 0 Å². The minimum absolute atomic E-state index is 0.0506. The Morgan fingerprint density at radius 1 is 0.343 bits per heavy atom. The molecule has 25 heteroatoms. The van der Waals surface area contributed by atoms with E-state index in [1.54, 1.807) is 11.8 Å². The maximum absolute atomic E-state index is 11.6. The number of aliphatic hydroxyl groups is 1. The number of hydrogen-bond donors (Lipinski definition) is 7. The average Bonchev–Trinajstić information content (AvgIpc) is 1.67. The topological polar surface area (TPSA) is 219 Å². The molecule has 6 aromatic heterocycles. The molecule has 18 rings (SSSR count). The standard InChI is InChI=1S/C20H31N3O2S.C20H31N3.C19H27N3O2.C19H27N3O.C19H29N3O.C18H27N3/c1-20(2,3)21-17-5-6-19-16(15-17)7-12-23(19)18-8-10-22(11-9-18)13-14-26(4,24)25;1-5-11-22-12-9-18(10-13-22)23-14-8-16-15-17(6-7-19(16)23)21-20(2,3)4;1-19(2,3)20-15-5-6-17-14(13-15)7-12-22(17)16-8-10-21(11-9-16)18(23)24-4;1-14(23)21-10-8-17(9-11-21)22-12-7-15-13-16(5-6-18(15)22)20-19(2,3)4;1-19(2,3)20-16-4-5-18-15(14-16)6-11-22(18)17-7-9-21(10-8-17)12-13-23;1-18(2,3)19-15-7-8-17-14(12-15)9-11-21(17)16-6-5-10-20(4)13-16/h5-7,12,15,18,21H,8-11,13-14H2,1-4H3;6-8,14-15,18,21H,5,9-13H2,1-4H3;5-7,12-13,16,20H,8-11H2,1-4H3;5-7,12-13,17,20H,8-11H2,1-4H3;4-6,11,14,17,20,23H,7-10,12-13H2,1-3H3;7-9,11-12,16,19H,5-6,10,13H2,1-4H3. The average molecular weight is 1930 g/mol. The number of sulfone groups is 1. The molecule has 2 amide bonds. The molecular weight excluding hydrogens is 1760 g/mol. The Morgan fingerprint density at radius 3 is 0.814 bits per heavy atom. The smallest absolute Gasteiger partial charge is 0.409 e. The molecule has 1 unspecified atom stereocenters. The summed E-state index contributed by atoms with van der Waals surface area (Å²) in [6.07, 6.45) is 29.3. The van der Waals surface area contributed by atoms with E-state index in [1.165, 1.54) is 154 Å². The van der Waals surface area contributed by atoms with E-state index < -0.39 is 9.84 Å². The summed E-state index contributed by atoms with van der Waals surface area (Å²) in [6, 6.07) is 56.5. The molecule has 6 aliphatic rings. The highest BCUT2D eigenvalue weighted by molar-refractivity contribution is 7.90. The van der Waals surface area contributed by atoms with Crippen molar-refractivity contribution in [2.45, 2.75) is 291 Å². The molecule has 24 nitrogen and oxygen atoms in total. The summed E-state index contributed by atoms with van der Waals surface area (Å²) in [6.45, 7) is 58.3. The van der Waals surface area contributed by atoms with Gasteiger partial charge in [-0.15, -0.1) is 0 Å². The zero-order chi connectivity index (χ0) is 101. The molecule has 0 bridgehead atoms. The first-order valence-corrected chi connectivity index (χ1v) is 54.3. The van der Waals surface area contributed by atoms with Gasteiger partial charge in [0.15, 0.2) is 0 Å². The number of nitrogens with zero attached hydrogens (tertiary/aromatic N) is 12. The van der Waals surface area contributed by atoms with Crippen LogP contribution in [0.1, 0.15) is 258 Å². The van der Waals surface area contributed by atoms with E-state index in [0.717, 1.165) is 134 Å². The number of piperidine rings is 6. The van der Waals surface area contributed by atoms with Crippen molar-refractivity contribution < 1.29 is 27.9 Å². The van der Waals surface area contributed by atoms with Crippen LogP contribution in [0.15, 0.2) is 183 Å². The van der Waals surface area contributed by atoms with Crippen molar-refractivity contribution in [3.8, 4) is 0 Å². The van der Waals surface area contributed by atoms with Crippen molar-refractivity contribution in [2.75, 3.05) is 163 Å². The minimum atomic E-state index is -2.88. The lowest BCUT2D eigenvalue weighted by Crippen LogP contribution is -2.38. The van der Waals surface area contributed by atoms with Crippen LogP contribution in [0.4, 0.5) is 38.9 Å².